The Morgan fingerprint density at radius 2 is 2.14 bits per heavy atom. The first-order chi connectivity index (χ1) is 6.57. The second-order valence-electron chi connectivity index (χ2n) is 4.20. The van der Waals surface area contributed by atoms with Crippen molar-refractivity contribution >= 4 is 5.91 Å². The van der Waals surface area contributed by atoms with Crippen LogP contribution in [0.4, 0.5) is 0 Å². The van der Waals surface area contributed by atoms with E-state index >= 15 is 0 Å². The van der Waals surface area contributed by atoms with Crippen LogP contribution < -0.4 is 5.73 Å². The van der Waals surface area contributed by atoms with Crippen LogP contribution in [0.25, 0.3) is 0 Å². The summed E-state index contributed by atoms with van der Waals surface area (Å²) in [5.74, 6) is 2.51. The fourth-order valence-corrected chi connectivity index (χ4v) is 1.92. The van der Waals surface area contributed by atoms with Crippen molar-refractivity contribution in [3.05, 3.63) is 0 Å². The van der Waals surface area contributed by atoms with Gasteiger partial charge < -0.3 is 10.6 Å². The highest BCUT2D eigenvalue weighted by atomic mass is 16.2. The van der Waals surface area contributed by atoms with Crippen LogP contribution in [0.1, 0.15) is 32.1 Å². The van der Waals surface area contributed by atoms with Gasteiger partial charge in [0.15, 0.2) is 0 Å². The topological polar surface area (TPSA) is 46.3 Å². The minimum atomic E-state index is -0.264. The van der Waals surface area contributed by atoms with E-state index in [1.54, 1.807) is 11.9 Å². The summed E-state index contributed by atoms with van der Waals surface area (Å²) in [5.41, 5.74) is 5.83. The molecule has 14 heavy (non-hydrogen) atoms. The molecule has 1 saturated carbocycles. The van der Waals surface area contributed by atoms with E-state index in [0.717, 1.165) is 25.7 Å². The molecule has 1 fully saturated rings. The molecule has 0 aromatic carbocycles. The van der Waals surface area contributed by atoms with Gasteiger partial charge in [0.25, 0.3) is 0 Å². The molecule has 0 aliphatic heterocycles. The zero-order chi connectivity index (χ0) is 10.6. The van der Waals surface area contributed by atoms with Gasteiger partial charge in [0.2, 0.25) is 5.91 Å². The monoisotopic (exact) mass is 194 g/mol. The van der Waals surface area contributed by atoms with Crippen LogP contribution in [0.5, 0.6) is 0 Å². The largest absolute Gasteiger partial charge is 0.335 e. The molecular weight excluding hydrogens is 176 g/mol. The molecule has 0 aromatic rings. The van der Waals surface area contributed by atoms with Gasteiger partial charge in [-0.05, 0) is 12.8 Å². The first kappa shape index (κ1) is 11.1. The smallest absolute Gasteiger partial charge is 0.224 e. The lowest BCUT2D eigenvalue weighted by atomic mass is 9.94. The second-order valence-corrected chi connectivity index (χ2v) is 4.20. The molecule has 0 heterocycles. The second kappa shape index (κ2) is 4.47. The molecule has 0 saturated heterocycles. The van der Waals surface area contributed by atoms with Crippen molar-refractivity contribution in [3.8, 4) is 12.3 Å². The van der Waals surface area contributed by atoms with Crippen LogP contribution in [-0.2, 0) is 4.79 Å². The maximum Gasteiger partial charge on any atom is 0.224 e. The van der Waals surface area contributed by atoms with Crippen LogP contribution in [-0.4, -0.2) is 29.9 Å². The first-order valence-electron chi connectivity index (χ1n) is 5.04. The maximum absolute atomic E-state index is 11.6. The summed E-state index contributed by atoms with van der Waals surface area (Å²) in [6, 6.07) is 0. The van der Waals surface area contributed by atoms with Gasteiger partial charge >= 0.3 is 0 Å². The van der Waals surface area contributed by atoms with Crippen LogP contribution in [0.15, 0.2) is 0 Å². The summed E-state index contributed by atoms with van der Waals surface area (Å²) in [4.78, 5) is 13.2. The fraction of sp³-hybridized carbons (Fsp3) is 0.727. The average Bonchev–Trinajstić information content (AvgIpc) is 2.52. The van der Waals surface area contributed by atoms with Gasteiger partial charge in [-0.25, -0.2) is 0 Å². The highest BCUT2D eigenvalue weighted by Crippen LogP contribution is 2.30. The maximum atomic E-state index is 11.6. The normalized spacial score (nSPS) is 18.9. The summed E-state index contributed by atoms with van der Waals surface area (Å²) in [6.45, 7) is 0.370. The quantitative estimate of drug-likeness (QED) is 0.674. The molecular formula is C11H18N2O. The molecule has 1 amide bonds. The van der Waals surface area contributed by atoms with Crippen molar-refractivity contribution in [2.75, 3.05) is 13.6 Å². The number of carbonyl (C=O) groups is 1. The van der Waals surface area contributed by atoms with Gasteiger partial charge in [-0.15, -0.1) is 6.42 Å². The highest BCUT2D eigenvalue weighted by molar-refractivity contribution is 5.77. The van der Waals surface area contributed by atoms with E-state index in [9.17, 15) is 4.79 Å². The van der Waals surface area contributed by atoms with Gasteiger partial charge in [0.05, 0.1) is 6.54 Å². The highest BCUT2D eigenvalue weighted by Gasteiger charge is 2.32. The SMILES string of the molecule is C#CCN(C)C(=O)CC1(N)CCCC1. The Bertz CT molecular complexity index is 249. The number of nitrogens with two attached hydrogens (primary N) is 1. The molecule has 1 aliphatic carbocycles. The molecule has 1 aliphatic rings. The molecule has 3 heteroatoms. The Balaban J connectivity index is 2.44. The van der Waals surface area contributed by atoms with Gasteiger partial charge in [0.1, 0.15) is 0 Å². The van der Waals surface area contributed by atoms with Crippen LogP contribution in [0.3, 0.4) is 0 Å². The Kier molecular flexibility index (Phi) is 3.54. The van der Waals surface area contributed by atoms with E-state index in [-0.39, 0.29) is 11.4 Å². The van der Waals surface area contributed by atoms with E-state index < -0.39 is 0 Å². The summed E-state index contributed by atoms with van der Waals surface area (Å²) in [6.07, 6.45) is 9.77. The van der Waals surface area contributed by atoms with Crippen molar-refractivity contribution in [1.82, 2.24) is 4.90 Å². The summed E-state index contributed by atoms with van der Waals surface area (Å²) < 4.78 is 0. The third kappa shape index (κ3) is 2.74. The molecule has 0 bridgehead atoms. The summed E-state index contributed by atoms with van der Waals surface area (Å²) in [5, 5.41) is 0. The lowest BCUT2D eigenvalue weighted by Gasteiger charge is -2.25. The van der Waals surface area contributed by atoms with E-state index in [4.69, 9.17) is 12.2 Å². The Hall–Kier alpha value is -1.01. The zero-order valence-corrected chi connectivity index (χ0v) is 8.75. The third-order valence-electron chi connectivity index (χ3n) is 2.86. The van der Waals surface area contributed by atoms with Crippen molar-refractivity contribution in [2.24, 2.45) is 5.73 Å². The van der Waals surface area contributed by atoms with Crippen LogP contribution in [0, 0.1) is 12.3 Å². The van der Waals surface area contributed by atoms with Gasteiger partial charge in [-0.1, -0.05) is 18.8 Å². The molecule has 0 spiro atoms. The summed E-state index contributed by atoms with van der Waals surface area (Å²) in [7, 11) is 1.72. The van der Waals surface area contributed by atoms with Crippen molar-refractivity contribution in [1.29, 1.82) is 0 Å². The molecule has 1 rings (SSSR count). The number of hydrogen-bond acceptors (Lipinski definition) is 2. The predicted octanol–water partition coefficient (Wildman–Crippen LogP) is 0.740. The number of carbonyl (C=O) groups excluding carboxylic acids is 1. The number of rotatable bonds is 3. The molecule has 0 unspecified atom stereocenters. The van der Waals surface area contributed by atoms with Gasteiger partial charge in [-0.3, -0.25) is 4.79 Å². The lowest BCUT2D eigenvalue weighted by molar-refractivity contribution is -0.130. The third-order valence-corrected chi connectivity index (χ3v) is 2.86. The van der Waals surface area contributed by atoms with Crippen molar-refractivity contribution in [2.45, 2.75) is 37.6 Å². The van der Waals surface area contributed by atoms with E-state index in [2.05, 4.69) is 5.92 Å². The lowest BCUT2D eigenvalue weighted by Crippen LogP contribution is -2.42. The molecule has 0 aromatic heterocycles. The van der Waals surface area contributed by atoms with E-state index in [1.165, 1.54) is 0 Å². The minimum Gasteiger partial charge on any atom is -0.335 e. The van der Waals surface area contributed by atoms with Crippen molar-refractivity contribution in [3.63, 3.8) is 0 Å². The fourth-order valence-electron chi connectivity index (χ4n) is 1.92. The molecule has 2 N–H and O–H groups in total. The van der Waals surface area contributed by atoms with Crippen molar-refractivity contribution < 1.29 is 4.79 Å². The molecule has 78 valence electrons. The molecule has 3 nitrogen and oxygen atoms in total. The first-order valence-corrected chi connectivity index (χ1v) is 5.04. The van der Waals surface area contributed by atoms with Crippen LogP contribution >= 0.6 is 0 Å². The Morgan fingerprint density at radius 1 is 1.57 bits per heavy atom. The standard InChI is InChI=1S/C11H18N2O/c1-3-8-13(2)10(14)9-11(12)6-4-5-7-11/h1H,4-9,12H2,2H3. The Labute approximate surface area is 85.6 Å². The predicted molar refractivity (Wildman–Crippen MR) is 56.5 cm³/mol. The number of nitrogens with zero attached hydrogens (tertiary/aromatic N) is 1. The van der Waals surface area contributed by atoms with E-state index in [1.807, 2.05) is 0 Å². The summed E-state index contributed by atoms with van der Waals surface area (Å²) >= 11 is 0. The van der Waals surface area contributed by atoms with Gasteiger partial charge in [-0.2, -0.15) is 0 Å². The zero-order valence-electron chi connectivity index (χ0n) is 8.75. The molecule has 0 radical (unpaired) electrons. The number of hydrogen-bond donors (Lipinski definition) is 1. The van der Waals surface area contributed by atoms with Crippen LogP contribution in [0.2, 0.25) is 0 Å². The number of amides is 1. The van der Waals surface area contributed by atoms with E-state index in [0.29, 0.717) is 13.0 Å². The average molecular weight is 194 g/mol. The Morgan fingerprint density at radius 3 is 2.64 bits per heavy atom. The minimum absolute atomic E-state index is 0.0624. The number of terminal acetylenes is 1. The van der Waals surface area contributed by atoms with Gasteiger partial charge in [0, 0.05) is 19.0 Å². The molecule has 0 atom stereocenters.